The van der Waals surface area contributed by atoms with Crippen LogP contribution in [0.4, 0.5) is 0 Å². The van der Waals surface area contributed by atoms with E-state index in [4.69, 9.17) is 9.05 Å². The van der Waals surface area contributed by atoms with E-state index in [1.54, 1.807) is 35.8 Å². The summed E-state index contributed by atoms with van der Waals surface area (Å²) < 4.78 is 21.7. The Balaban J connectivity index is 2.17. The maximum atomic E-state index is 11.9. The molecule has 4 N–H and O–H groups in total. The van der Waals surface area contributed by atoms with Gasteiger partial charge in [-0.2, -0.15) is 0 Å². The number of hydrogen-bond acceptors (Lipinski definition) is 9. The maximum absolute atomic E-state index is 11.9. The van der Waals surface area contributed by atoms with Gasteiger partial charge in [0.15, 0.2) is 0 Å². The molecule has 2 rings (SSSR count). The average Bonchev–Trinajstić information content (AvgIpc) is 2.76. The largest absolute Gasteiger partial charge is 0.512 e. The molecule has 1 fully saturated rings. The summed E-state index contributed by atoms with van der Waals surface area (Å²) in [5, 5.41) is 28.7. The summed E-state index contributed by atoms with van der Waals surface area (Å²) in [4.78, 5) is 40.6. The van der Waals surface area contributed by atoms with E-state index in [0.717, 1.165) is 12.8 Å². The van der Waals surface area contributed by atoms with Gasteiger partial charge in [-0.15, -0.1) is 0 Å². The minimum atomic E-state index is -4.19. The highest BCUT2D eigenvalue weighted by Crippen LogP contribution is 2.45. The van der Waals surface area contributed by atoms with Gasteiger partial charge < -0.3 is 20.2 Å². The van der Waals surface area contributed by atoms with Gasteiger partial charge in [0.05, 0.1) is 43.8 Å². The van der Waals surface area contributed by atoms with Crippen molar-refractivity contribution in [3.8, 4) is 0 Å². The summed E-state index contributed by atoms with van der Waals surface area (Å²) in [7, 11) is -4.19. The monoisotopic (exact) mass is 529 g/mol. The minimum Gasteiger partial charge on any atom is -0.512 e. The molecule has 0 saturated heterocycles. The molecule has 2 unspecified atom stereocenters. The van der Waals surface area contributed by atoms with Crippen LogP contribution in [0.15, 0.2) is 30.7 Å². The second-order valence-electron chi connectivity index (χ2n) is 9.14. The molecule has 0 aromatic carbocycles. The van der Waals surface area contributed by atoms with Crippen LogP contribution in [0, 0.1) is 0 Å². The Bertz CT molecular complexity index is 925. The number of phosphoric acid groups is 1. The summed E-state index contributed by atoms with van der Waals surface area (Å²) >= 11 is 0. The number of carboxylic acid groups (broad SMARTS) is 2. The number of aromatic nitrogens is 1. The molecule has 1 aliphatic carbocycles. The first-order chi connectivity index (χ1) is 16.9. The van der Waals surface area contributed by atoms with Crippen molar-refractivity contribution in [3.63, 3.8) is 0 Å². The topological polar surface area (TPSA) is 170 Å². The van der Waals surface area contributed by atoms with Gasteiger partial charge in [0.2, 0.25) is 0 Å². The van der Waals surface area contributed by atoms with Crippen LogP contribution < -0.4 is 0 Å². The van der Waals surface area contributed by atoms with E-state index in [2.05, 4.69) is 11.6 Å². The number of aliphatic carboxylic acids is 2. The molecule has 1 aromatic heterocycles. The van der Waals surface area contributed by atoms with Crippen LogP contribution in [0.2, 0.25) is 0 Å². The fourth-order valence-corrected chi connectivity index (χ4v) is 5.31. The van der Waals surface area contributed by atoms with Crippen LogP contribution in [0.1, 0.15) is 50.8 Å². The Hall–Kier alpha value is -2.34. The Labute approximate surface area is 210 Å². The van der Waals surface area contributed by atoms with Crippen molar-refractivity contribution >= 4 is 19.8 Å². The minimum absolute atomic E-state index is 0.0173. The zero-order valence-electron chi connectivity index (χ0n) is 20.7. The van der Waals surface area contributed by atoms with Crippen LogP contribution in [0.5, 0.6) is 0 Å². The highest BCUT2D eigenvalue weighted by Gasteiger charge is 2.36. The third-order valence-corrected chi connectivity index (χ3v) is 6.83. The molecule has 13 heteroatoms. The number of carbonyl (C=O) groups is 2. The summed E-state index contributed by atoms with van der Waals surface area (Å²) in [5.74, 6) is -2.23. The molecule has 1 saturated carbocycles. The molecule has 0 radical (unpaired) electrons. The standard InChI is InChI=1S/C23H36N3O9P/c1-16(2)35-36(32,33)34-15-18-8-9-19(24-10-18)12-26(14-23(30)31)21-7-5-4-6-20(21)25(11-17(3)27)13-22(28)29/h8-10,16,20-21,27H,3-7,11-15H2,1-2H3,(H,28,29)(H,30,31)(H,32,33)/t20?,21-/m0/s1. The van der Waals surface area contributed by atoms with Crippen LogP contribution >= 0.6 is 7.82 Å². The molecule has 1 aromatic rings. The van der Waals surface area contributed by atoms with Gasteiger partial charge in [0.1, 0.15) is 0 Å². The molecular formula is C23H36N3O9P. The third kappa shape index (κ3) is 10.3. The molecule has 1 aliphatic rings. The normalized spacial score (nSPS) is 19.9. The Morgan fingerprint density at radius 1 is 1.08 bits per heavy atom. The number of aliphatic hydroxyl groups is 1. The fraction of sp³-hybridized carbons (Fsp3) is 0.609. The van der Waals surface area contributed by atoms with E-state index >= 15 is 0 Å². The van der Waals surface area contributed by atoms with Crippen LogP contribution in [-0.4, -0.2) is 84.8 Å². The third-order valence-electron chi connectivity index (χ3n) is 5.68. The second-order valence-corrected chi connectivity index (χ2v) is 10.5. The SMILES string of the molecule is C=C(O)CN(CC(=O)O)C1CCCC[C@@H]1N(CC(=O)O)Cc1ccc(COP(=O)(O)OC(C)C)cn1. The van der Waals surface area contributed by atoms with Gasteiger partial charge in [-0.1, -0.05) is 25.5 Å². The molecule has 3 atom stereocenters. The van der Waals surface area contributed by atoms with E-state index in [-0.39, 0.29) is 50.6 Å². The summed E-state index contributed by atoms with van der Waals surface area (Å²) in [6, 6.07) is 2.79. The van der Waals surface area contributed by atoms with Crippen molar-refractivity contribution in [2.45, 2.75) is 70.9 Å². The van der Waals surface area contributed by atoms with Crippen molar-refractivity contribution in [1.82, 2.24) is 14.8 Å². The van der Waals surface area contributed by atoms with E-state index < -0.39 is 25.9 Å². The molecule has 12 nitrogen and oxygen atoms in total. The first-order valence-corrected chi connectivity index (χ1v) is 13.2. The smallest absolute Gasteiger partial charge is 0.472 e. The van der Waals surface area contributed by atoms with E-state index in [1.165, 1.54) is 6.20 Å². The lowest BCUT2D eigenvalue weighted by atomic mass is 9.87. The number of pyridine rings is 1. The molecule has 0 amide bonds. The number of phosphoric ester groups is 1. The van der Waals surface area contributed by atoms with Crippen LogP contribution in [-0.2, 0) is 36.4 Å². The zero-order chi connectivity index (χ0) is 26.9. The quantitative estimate of drug-likeness (QED) is 0.194. The van der Waals surface area contributed by atoms with E-state index in [9.17, 15) is 34.4 Å². The first-order valence-electron chi connectivity index (χ1n) is 11.7. The summed E-state index contributed by atoms with van der Waals surface area (Å²) in [5.41, 5.74) is 1.11. The van der Waals surface area contributed by atoms with Crippen LogP contribution in [0.3, 0.4) is 0 Å². The number of aliphatic hydroxyl groups excluding tert-OH is 1. The number of carboxylic acids is 2. The number of rotatable bonds is 15. The van der Waals surface area contributed by atoms with Gasteiger partial charge in [-0.25, -0.2) is 4.57 Å². The lowest BCUT2D eigenvalue weighted by Crippen LogP contribution is -2.55. The van der Waals surface area contributed by atoms with Gasteiger partial charge in [-0.3, -0.25) is 33.4 Å². The van der Waals surface area contributed by atoms with Crippen LogP contribution in [0.25, 0.3) is 0 Å². The fourth-order valence-electron chi connectivity index (χ4n) is 4.40. The number of hydrogen-bond donors (Lipinski definition) is 4. The van der Waals surface area contributed by atoms with Crippen molar-refractivity contribution < 1.29 is 43.4 Å². The van der Waals surface area contributed by atoms with Gasteiger partial charge >= 0.3 is 19.8 Å². The molecule has 0 aliphatic heterocycles. The Morgan fingerprint density at radius 3 is 2.17 bits per heavy atom. The number of nitrogens with zero attached hydrogens (tertiary/aromatic N) is 3. The van der Waals surface area contributed by atoms with Crippen molar-refractivity contribution in [1.29, 1.82) is 0 Å². The summed E-state index contributed by atoms with van der Waals surface area (Å²) in [6.07, 6.45) is 4.05. The van der Waals surface area contributed by atoms with Crippen molar-refractivity contribution in [2.75, 3.05) is 19.6 Å². The molecule has 202 valence electrons. The molecule has 0 spiro atoms. The predicted octanol–water partition coefficient (Wildman–Crippen LogP) is 2.78. The summed E-state index contributed by atoms with van der Waals surface area (Å²) in [6.45, 7) is 6.14. The second kappa shape index (κ2) is 13.8. The lowest BCUT2D eigenvalue weighted by Gasteiger charge is -2.44. The Kier molecular flexibility index (Phi) is 11.5. The highest BCUT2D eigenvalue weighted by atomic mass is 31.2. The molecular weight excluding hydrogens is 493 g/mol. The van der Waals surface area contributed by atoms with Gasteiger partial charge in [0, 0.05) is 24.8 Å². The Morgan fingerprint density at radius 2 is 1.67 bits per heavy atom. The molecule has 0 bridgehead atoms. The average molecular weight is 530 g/mol. The zero-order valence-corrected chi connectivity index (χ0v) is 21.5. The molecule has 1 heterocycles. The van der Waals surface area contributed by atoms with Gasteiger partial charge in [-0.05, 0) is 38.3 Å². The highest BCUT2D eigenvalue weighted by molar-refractivity contribution is 7.47. The maximum Gasteiger partial charge on any atom is 0.472 e. The van der Waals surface area contributed by atoms with Gasteiger partial charge in [0.25, 0.3) is 0 Å². The van der Waals surface area contributed by atoms with Crippen molar-refractivity contribution in [3.05, 3.63) is 41.9 Å². The molecule has 36 heavy (non-hydrogen) atoms. The predicted molar refractivity (Wildman–Crippen MR) is 130 cm³/mol. The van der Waals surface area contributed by atoms with Crippen molar-refractivity contribution in [2.24, 2.45) is 0 Å². The van der Waals surface area contributed by atoms with E-state index in [1.807, 2.05) is 0 Å². The lowest BCUT2D eigenvalue weighted by molar-refractivity contribution is -0.142. The first kappa shape index (κ1) is 29.9. The van der Waals surface area contributed by atoms with E-state index in [0.29, 0.717) is 24.1 Å².